The Morgan fingerprint density at radius 2 is 1.52 bits per heavy atom. The first-order valence-corrected chi connectivity index (χ1v) is 6.11. The number of halogens is 6. The zero-order chi connectivity index (χ0) is 17.4. The van der Waals surface area contributed by atoms with Gasteiger partial charge in [-0.25, -0.2) is 0 Å². The van der Waals surface area contributed by atoms with Gasteiger partial charge in [-0.05, 0) is 35.4 Å². The molecule has 0 saturated carbocycles. The second-order valence-electron chi connectivity index (χ2n) is 4.65. The van der Waals surface area contributed by atoms with Crippen LogP contribution in [-0.4, -0.2) is 11.4 Å². The third-order valence-electron chi connectivity index (χ3n) is 3.12. The fourth-order valence-corrected chi connectivity index (χ4v) is 2.02. The van der Waals surface area contributed by atoms with Gasteiger partial charge in [0, 0.05) is 0 Å². The predicted molar refractivity (Wildman–Crippen MR) is 68.9 cm³/mol. The van der Waals surface area contributed by atoms with E-state index in [1.165, 1.54) is 0 Å². The summed E-state index contributed by atoms with van der Waals surface area (Å²) in [5.74, 6) is -0.441. The van der Waals surface area contributed by atoms with Crippen molar-refractivity contribution >= 4 is 6.29 Å². The molecule has 2 aromatic carbocycles. The summed E-state index contributed by atoms with van der Waals surface area (Å²) in [7, 11) is 0. The molecule has 0 amide bonds. The van der Waals surface area contributed by atoms with Crippen LogP contribution in [0.1, 0.15) is 21.5 Å². The van der Waals surface area contributed by atoms with E-state index in [9.17, 15) is 36.2 Å². The minimum atomic E-state index is -5.02. The second kappa shape index (κ2) is 5.60. The lowest BCUT2D eigenvalue weighted by atomic mass is 9.95. The highest BCUT2D eigenvalue weighted by Crippen LogP contribution is 2.41. The molecule has 0 aliphatic heterocycles. The largest absolute Gasteiger partial charge is 0.507 e. The van der Waals surface area contributed by atoms with E-state index >= 15 is 0 Å². The molecule has 0 bridgehead atoms. The molecule has 0 aliphatic rings. The van der Waals surface area contributed by atoms with Gasteiger partial charge in [0.25, 0.3) is 0 Å². The number of aromatic hydroxyl groups is 1. The molecule has 23 heavy (non-hydrogen) atoms. The van der Waals surface area contributed by atoms with Gasteiger partial charge >= 0.3 is 12.4 Å². The highest BCUT2D eigenvalue weighted by Gasteiger charge is 2.38. The third-order valence-corrected chi connectivity index (χ3v) is 3.12. The van der Waals surface area contributed by atoms with Crippen molar-refractivity contribution in [1.29, 1.82) is 0 Å². The van der Waals surface area contributed by atoms with Crippen LogP contribution >= 0.6 is 0 Å². The molecule has 0 atom stereocenters. The molecular formula is C15H8F6O2. The maximum Gasteiger partial charge on any atom is 0.417 e. The Morgan fingerprint density at radius 1 is 0.870 bits per heavy atom. The van der Waals surface area contributed by atoms with E-state index in [1.807, 2.05) is 0 Å². The van der Waals surface area contributed by atoms with Gasteiger partial charge in [0.05, 0.1) is 16.7 Å². The van der Waals surface area contributed by atoms with E-state index in [4.69, 9.17) is 0 Å². The summed E-state index contributed by atoms with van der Waals surface area (Å²) < 4.78 is 77.1. The molecule has 2 aromatic rings. The lowest BCUT2D eigenvalue weighted by Crippen LogP contribution is -2.12. The number of phenolic OH excluding ortho intramolecular Hbond substituents is 1. The molecule has 0 unspecified atom stereocenters. The van der Waals surface area contributed by atoms with Crippen LogP contribution in [0.4, 0.5) is 26.3 Å². The van der Waals surface area contributed by atoms with E-state index in [0.29, 0.717) is 12.1 Å². The number of phenols is 1. The molecule has 0 aliphatic carbocycles. The monoisotopic (exact) mass is 334 g/mol. The van der Waals surface area contributed by atoms with E-state index in [2.05, 4.69) is 0 Å². The molecule has 122 valence electrons. The van der Waals surface area contributed by atoms with E-state index in [-0.39, 0.29) is 23.5 Å². The minimum Gasteiger partial charge on any atom is -0.507 e. The summed E-state index contributed by atoms with van der Waals surface area (Å²) in [4.78, 5) is 10.7. The van der Waals surface area contributed by atoms with Crippen LogP contribution < -0.4 is 0 Å². The van der Waals surface area contributed by atoms with Crippen molar-refractivity contribution in [2.75, 3.05) is 0 Å². The van der Waals surface area contributed by atoms with Crippen LogP contribution in [0.5, 0.6) is 5.75 Å². The molecule has 2 nitrogen and oxygen atoms in total. The molecule has 1 N–H and O–H groups in total. The van der Waals surface area contributed by atoms with Crippen LogP contribution in [0.2, 0.25) is 0 Å². The highest BCUT2D eigenvalue weighted by molar-refractivity contribution is 5.83. The Morgan fingerprint density at radius 3 is 2.04 bits per heavy atom. The van der Waals surface area contributed by atoms with Gasteiger partial charge in [-0.2, -0.15) is 26.3 Å². The van der Waals surface area contributed by atoms with E-state index in [0.717, 1.165) is 18.2 Å². The van der Waals surface area contributed by atoms with Crippen LogP contribution in [-0.2, 0) is 12.4 Å². The zero-order valence-corrected chi connectivity index (χ0v) is 11.2. The highest BCUT2D eigenvalue weighted by atomic mass is 19.4. The maximum atomic E-state index is 13.1. The predicted octanol–water partition coefficient (Wildman–Crippen LogP) is 4.91. The Hall–Kier alpha value is -2.51. The Balaban J connectivity index is 2.69. The molecule has 0 heterocycles. The summed E-state index contributed by atoms with van der Waals surface area (Å²) in [5, 5.41) is 9.36. The van der Waals surface area contributed by atoms with Crippen LogP contribution in [0, 0.1) is 0 Å². The number of hydrogen-bond acceptors (Lipinski definition) is 2. The molecule has 8 heteroatoms. The average Bonchev–Trinajstić information content (AvgIpc) is 2.45. The molecule has 0 aromatic heterocycles. The van der Waals surface area contributed by atoms with Gasteiger partial charge in [0.15, 0.2) is 6.29 Å². The Bertz CT molecular complexity index is 747. The number of rotatable bonds is 2. The fourth-order valence-electron chi connectivity index (χ4n) is 2.02. The first-order valence-electron chi connectivity index (χ1n) is 6.11. The van der Waals surface area contributed by atoms with Crippen molar-refractivity contribution < 1.29 is 36.2 Å². The number of alkyl halides is 6. The first-order chi connectivity index (χ1) is 10.5. The van der Waals surface area contributed by atoms with Crippen LogP contribution in [0.25, 0.3) is 11.1 Å². The summed E-state index contributed by atoms with van der Waals surface area (Å²) in [5.41, 5.74) is -3.83. The van der Waals surface area contributed by atoms with Crippen molar-refractivity contribution in [1.82, 2.24) is 0 Å². The smallest absolute Gasteiger partial charge is 0.417 e. The number of carbonyl (C=O) groups excluding carboxylic acids is 1. The quantitative estimate of drug-likeness (QED) is 0.626. The summed E-state index contributed by atoms with van der Waals surface area (Å²) in [6, 6.07) is 4.28. The van der Waals surface area contributed by atoms with Gasteiger partial charge in [-0.1, -0.05) is 12.1 Å². The summed E-state index contributed by atoms with van der Waals surface area (Å²) >= 11 is 0. The van der Waals surface area contributed by atoms with Gasteiger partial charge < -0.3 is 5.11 Å². The second-order valence-corrected chi connectivity index (χ2v) is 4.65. The molecular weight excluding hydrogens is 326 g/mol. The average molecular weight is 334 g/mol. The van der Waals surface area contributed by atoms with Crippen molar-refractivity contribution in [3.8, 4) is 16.9 Å². The molecule has 0 saturated heterocycles. The SMILES string of the molecule is O=Cc1cc(-c2ccc(C(F)(F)F)cc2C(F)(F)F)ccc1O. The first kappa shape index (κ1) is 16.9. The van der Waals surface area contributed by atoms with Gasteiger partial charge in [0.2, 0.25) is 0 Å². The topological polar surface area (TPSA) is 37.3 Å². The standard InChI is InChI=1S/C15H8F6O2/c16-14(17,18)10-2-3-11(12(6-10)15(19,20)21)8-1-4-13(23)9(5-8)7-22/h1-7,23H. The number of carbonyl (C=O) groups is 1. The molecule has 0 fully saturated rings. The minimum absolute atomic E-state index is 0.0166. The van der Waals surface area contributed by atoms with Gasteiger partial charge in [-0.3, -0.25) is 4.79 Å². The van der Waals surface area contributed by atoms with Gasteiger partial charge in [-0.15, -0.1) is 0 Å². The van der Waals surface area contributed by atoms with Crippen LogP contribution in [0.15, 0.2) is 36.4 Å². The van der Waals surface area contributed by atoms with Gasteiger partial charge in [0.1, 0.15) is 5.75 Å². The summed E-state index contributed by atoms with van der Waals surface area (Å²) in [6.45, 7) is 0. The number of hydrogen-bond donors (Lipinski definition) is 1. The Kier molecular flexibility index (Phi) is 4.10. The number of benzene rings is 2. The zero-order valence-electron chi connectivity index (χ0n) is 11.2. The molecule has 2 rings (SSSR count). The fraction of sp³-hybridized carbons (Fsp3) is 0.133. The third kappa shape index (κ3) is 3.46. The summed E-state index contributed by atoms with van der Waals surface area (Å²) in [6.07, 6.45) is -9.70. The normalized spacial score (nSPS) is 12.3. The molecule has 0 radical (unpaired) electrons. The van der Waals surface area contributed by atoms with Crippen molar-refractivity contribution in [2.24, 2.45) is 0 Å². The van der Waals surface area contributed by atoms with Crippen molar-refractivity contribution in [3.63, 3.8) is 0 Å². The lowest BCUT2D eigenvalue weighted by Gasteiger charge is -2.16. The lowest BCUT2D eigenvalue weighted by molar-refractivity contribution is -0.142. The van der Waals surface area contributed by atoms with E-state index < -0.39 is 34.8 Å². The maximum absolute atomic E-state index is 13.1. The molecule has 0 spiro atoms. The van der Waals surface area contributed by atoms with Crippen molar-refractivity contribution in [3.05, 3.63) is 53.1 Å². The van der Waals surface area contributed by atoms with Crippen molar-refractivity contribution in [2.45, 2.75) is 12.4 Å². The number of aldehydes is 1. The van der Waals surface area contributed by atoms with E-state index in [1.54, 1.807) is 0 Å². The van der Waals surface area contributed by atoms with Crippen LogP contribution in [0.3, 0.4) is 0 Å². The Labute approximate surface area is 126 Å².